The minimum absolute atomic E-state index is 0.0228. The topological polar surface area (TPSA) is 91.1 Å². The number of fused-ring (bicyclic) bond motifs is 5. The second-order valence-corrected chi connectivity index (χ2v) is 13.2. The van der Waals surface area contributed by atoms with Crippen LogP contribution in [-0.4, -0.2) is 46.9 Å². The van der Waals surface area contributed by atoms with Crippen LogP contribution in [0.25, 0.3) is 32.7 Å². The molecule has 0 radical (unpaired) electrons. The van der Waals surface area contributed by atoms with E-state index in [1.807, 2.05) is 24.3 Å². The zero-order valence-electron chi connectivity index (χ0n) is 24.9. The van der Waals surface area contributed by atoms with E-state index in [2.05, 4.69) is 97.1 Å². The van der Waals surface area contributed by atoms with Crippen LogP contribution >= 0.6 is 10.9 Å². The summed E-state index contributed by atoms with van der Waals surface area (Å²) in [6.45, 7) is 0.636. The molecule has 0 aromatic heterocycles. The van der Waals surface area contributed by atoms with E-state index in [9.17, 15) is 9.66 Å². The van der Waals surface area contributed by atoms with E-state index in [4.69, 9.17) is 18.2 Å². The minimum atomic E-state index is -2.76. The maximum absolute atomic E-state index is 9.55. The van der Waals surface area contributed by atoms with Gasteiger partial charge in [-0.3, -0.25) is 8.74 Å². The highest BCUT2D eigenvalue weighted by Crippen LogP contribution is 2.56. The molecule has 0 fully saturated rings. The van der Waals surface area contributed by atoms with Crippen molar-refractivity contribution >= 4 is 32.4 Å². The summed E-state index contributed by atoms with van der Waals surface area (Å²) in [5.74, 6) is 1.45. The highest BCUT2D eigenvalue weighted by Gasteiger charge is 2.46. The predicted molar refractivity (Wildman–Crippen MR) is 183 cm³/mol. The fourth-order valence-electron chi connectivity index (χ4n) is 6.64. The van der Waals surface area contributed by atoms with Crippen LogP contribution in [0.3, 0.4) is 0 Å². The first-order valence-corrected chi connectivity index (χ1v) is 16.8. The molecular weight excluding hydrogens is 584 g/mol. The van der Waals surface area contributed by atoms with Crippen LogP contribution < -0.4 is 9.47 Å². The summed E-state index contributed by atoms with van der Waals surface area (Å²) in [6, 6.07) is 42.9. The predicted octanol–water partition coefficient (Wildman–Crippen LogP) is 7.58. The third kappa shape index (κ3) is 5.43. The highest BCUT2D eigenvalue weighted by atomic mass is 32.3. The second-order valence-electron chi connectivity index (χ2n) is 11.3. The molecule has 0 saturated heterocycles. The standard InChI is InChI=1S/C38H34O6S/c1-45(40,41)44-21-20-43-33-17-13-27-23-31(15-11-29(27)25-33)38(36-8-4-2-6-34(36)35-7-3-5-9-37(35)38)30-14-10-28-24-32(42-19-18-39)16-12-26(28)22-30/h2-17,22-25,39-41H,18-21H2,1H3/p+1. The summed E-state index contributed by atoms with van der Waals surface area (Å²) < 4.78 is 33.7. The van der Waals surface area contributed by atoms with Gasteiger partial charge in [-0.2, -0.15) is 0 Å². The largest absolute Gasteiger partial charge is 0.491 e. The molecule has 0 heterocycles. The van der Waals surface area contributed by atoms with Crippen LogP contribution in [0, 0.1) is 0 Å². The van der Waals surface area contributed by atoms with Crippen molar-refractivity contribution in [2.75, 3.05) is 32.7 Å². The van der Waals surface area contributed by atoms with Crippen LogP contribution in [0.1, 0.15) is 22.3 Å². The van der Waals surface area contributed by atoms with Crippen molar-refractivity contribution < 1.29 is 27.9 Å². The van der Waals surface area contributed by atoms with Gasteiger partial charge in [-0.25, -0.2) is 0 Å². The maximum atomic E-state index is 9.55. The molecule has 6 nitrogen and oxygen atoms in total. The zero-order chi connectivity index (χ0) is 31.0. The van der Waals surface area contributed by atoms with Crippen molar-refractivity contribution in [3.05, 3.63) is 144 Å². The van der Waals surface area contributed by atoms with Crippen LogP contribution in [0.5, 0.6) is 11.5 Å². The molecule has 0 bridgehead atoms. The third-order valence-electron chi connectivity index (χ3n) is 8.47. The Hall–Kier alpha value is -4.37. The molecule has 1 atom stereocenters. The molecule has 1 unspecified atom stereocenters. The Morgan fingerprint density at radius 2 is 1.07 bits per heavy atom. The maximum Gasteiger partial charge on any atom is 0.205 e. The van der Waals surface area contributed by atoms with Crippen LogP contribution in [-0.2, 0) is 9.60 Å². The fraction of sp³-hybridized carbons (Fsp3) is 0.158. The molecule has 228 valence electrons. The average Bonchev–Trinajstić information content (AvgIpc) is 3.36. The van der Waals surface area contributed by atoms with Crippen molar-refractivity contribution in [1.29, 1.82) is 0 Å². The number of benzene rings is 6. The molecule has 1 aliphatic rings. The van der Waals surface area contributed by atoms with Crippen molar-refractivity contribution in [3.8, 4) is 22.6 Å². The normalized spacial score (nSPS) is 15.3. The van der Waals surface area contributed by atoms with Crippen LogP contribution in [0.15, 0.2) is 121 Å². The van der Waals surface area contributed by atoms with Gasteiger partial charge in [-0.15, -0.1) is 0 Å². The number of aliphatic hydroxyl groups excluding tert-OH is 1. The van der Waals surface area contributed by atoms with E-state index >= 15 is 0 Å². The van der Waals surface area contributed by atoms with Crippen molar-refractivity contribution in [2.24, 2.45) is 0 Å². The molecule has 4 N–H and O–H groups in total. The van der Waals surface area contributed by atoms with Gasteiger partial charge in [0.2, 0.25) is 10.9 Å². The van der Waals surface area contributed by atoms with E-state index in [0.29, 0.717) is 5.75 Å². The van der Waals surface area contributed by atoms with Crippen LogP contribution in [0.4, 0.5) is 0 Å². The number of aliphatic hydroxyl groups is 1. The van der Waals surface area contributed by atoms with Gasteiger partial charge in [0.15, 0.2) is 0 Å². The first-order chi connectivity index (χ1) is 21.9. The summed E-state index contributed by atoms with van der Waals surface area (Å²) in [6.07, 6.45) is 1.36. The summed E-state index contributed by atoms with van der Waals surface area (Å²) >= 11 is 0. The van der Waals surface area contributed by atoms with Crippen LogP contribution in [0.2, 0.25) is 0 Å². The molecule has 7 heteroatoms. The summed E-state index contributed by atoms with van der Waals surface area (Å²) in [4.78, 5) is 0. The summed E-state index contributed by atoms with van der Waals surface area (Å²) in [7, 11) is -2.76. The first-order valence-electron chi connectivity index (χ1n) is 14.9. The SMILES string of the molecule is CS(O)([OH2+])OCCOc1ccc2cc(C3(c4ccc5cc(OCCO)ccc5c4)c4ccccc4-c4ccccc43)ccc2c1. The molecule has 45 heavy (non-hydrogen) atoms. The Balaban J connectivity index is 1.35. The van der Waals surface area contributed by atoms with Gasteiger partial charge >= 0.3 is 0 Å². The Morgan fingerprint density at radius 3 is 1.58 bits per heavy atom. The number of hydrogen-bond acceptors (Lipinski definition) is 5. The number of hydrogen-bond donors (Lipinski definition) is 2. The van der Waals surface area contributed by atoms with Crippen molar-refractivity contribution in [1.82, 2.24) is 0 Å². The first kappa shape index (κ1) is 29.3. The summed E-state index contributed by atoms with van der Waals surface area (Å²) in [5, 5.41) is 13.5. The number of ether oxygens (including phenoxy) is 2. The van der Waals surface area contributed by atoms with Gasteiger partial charge < -0.3 is 19.1 Å². The Labute approximate surface area is 264 Å². The molecule has 6 aromatic carbocycles. The highest BCUT2D eigenvalue weighted by molar-refractivity contribution is 8.19. The lowest BCUT2D eigenvalue weighted by Crippen LogP contribution is -2.28. The molecule has 0 spiro atoms. The molecule has 1 aliphatic carbocycles. The molecule has 0 saturated carbocycles. The summed E-state index contributed by atoms with van der Waals surface area (Å²) in [5.41, 5.74) is 6.80. The van der Waals surface area contributed by atoms with Crippen molar-refractivity contribution in [2.45, 2.75) is 5.41 Å². The monoisotopic (exact) mass is 619 g/mol. The fourth-order valence-corrected chi connectivity index (χ4v) is 7.03. The molecular formula is C38H35O6S+. The van der Waals surface area contributed by atoms with E-state index < -0.39 is 16.3 Å². The van der Waals surface area contributed by atoms with Gasteiger partial charge in [0.05, 0.1) is 18.3 Å². The van der Waals surface area contributed by atoms with Gasteiger partial charge in [-0.05, 0) is 91.3 Å². The van der Waals surface area contributed by atoms with E-state index in [1.165, 1.54) is 39.6 Å². The van der Waals surface area contributed by atoms with Crippen molar-refractivity contribution in [3.63, 3.8) is 0 Å². The van der Waals surface area contributed by atoms with Gasteiger partial charge in [0.1, 0.15) is 31.3 Å². The molecule has 0 amide bonds. The Kier molecular flexibility index (Phi) is 7.73. The quantitative estimate of drug-likeness (QED) is 0.122. The van der Waals surface area contributed by atoms with E-state index in [-0.39, 0.29) is 26.4 Å². The lowest BCUT2D eigenvalue weighted by molar-refractivity contribution is 0.201. The average molecular weight is 620 g/mol. The van der Waals surface area contributed by atoms with E-state index in [1.54, 1.807) is 0 Å². The van der Waals surface area contributed by atoms with Gasteiger partial charge in [-0.1, -0.05) is 84.9 Å². The lowest BCUT2D eigenvalue weighted by atomic mass is 9.67. The molecule has 7 rings (SSSR count). The molecule has 0 aliphatic heterocycles. The smallest absolute Gasteiger partial charge is 0.205 e. The Bertz CT molecular complexity index is 1970. The Morgan fingerprint density at radius 1 is 0.600 bits per heavy atom. The third-order valence-corrected chi connectivity index (χ3v) is 9.09. The van der Waals surface area contributed by atoms with Gasteiger partial charge in [0, 0.05) is 0 Å². The molecule has 6 aromatic rings. The number of rotatable bonds is 10. The zero-order valence-corrected chi connectivity index (χ0v) is 25.7. The minimum Gasteiger partial charge on any atom is -0.491 e. The van der Waals surface area contributed by atoms with Gasteiger partial charge in [0.25, 0.3) is 0 Å². The van der Waals surface area contributed by atoms with E-state index in [0.717, 1.165) is 27.3 Å². The second kappa shape index (κ2) is 11.9. The lowest BCUT2D eigenvalue weighted by Gasteiger charge is -2.34.